The Morgan fingerprint density at radius 2 is 1.60 bits per heavy atom. The van der Waals surface area contributed by atoms with Gasteiger partial charge in [-0.3, -0.25) is 0 Å². The van der Waals surface area contributed by atoms with Crippen LogP contribution in [-0.4, -0.2) is 18.0 Å². The van der Waals surface area contributed by atoms with E-state index in [0.717, 1.165) is 6.54 Å². The minimum absolute atomic E-state index is 1.04. The van der Waals surface area contributed by atoms with E-state index in [-0.39, 0.29) is 0 Å². The van der Waals surface area contributed by atoms with Crippen LogP contribution in [0.2, 0.25) is 0 Å². The molecule has 1 aliphatic rings. The molecule has 0 radical (unpaired) electrons. The molecule has 1 aliphatic heterocycles. The molecule has 0 spiro atoms. The van der Waals surface area contributed by atoms with Crippen molar-refractivity contribution in [1.82, 2.24) is 4.90 Å². The molecule has 1 heteroatoms. The van der Waals surface area contributed by atoms with Crippen LogP contribution in [-0.2, 0) is 0 Å². The van der Waals surface area contributed by atoms with Gasteiger partial charge in [-0.15, -0.1) is 0 Å². The third-order valence-electron chi connectivity index (χ3n) is 4.05. The second kappa shape index (κ2) is 11.8. The minimum Gasteiger partial charge on any atom is -0.373 e. The van der Waals surface area contributed by atoms with Gasteiger partial charge >= 0.3 is 0 Å². The SMILES string of the molecule is C=CC1=CC=CN(CCCCCCCCCCCC)C1. The Hall–Kier alpha value is -0.980. The fourth-order valence-electron chi connectivity index (χ4n) is 2.72. The normalized spacial score (nSPS) is 14.4. The molecule has 0 unspecified atom stereocenters. The van der Waals surface area contributed by atoms with E-state index in [2.05, 4.69) is 36.8 Å². The summed E-state index contributed by atoms with van der Waals surface area (Å²) in [6.07, 6.45) is 22.6. The molecule has 1 heterocycles. The van der Waals surface area contributed by atoms with Gasteiger partial charge in [0.05, 0.1) is 0 Å². The highest BCUT2D eigenvalue weighted by Crippen LogP contribution is 2.12. The summed E-state index contributed by atoms with van der Waals surface area (Å²) in [5, 5.41) is 0. The summed E-state index contributed by atoms with van der Waals surface area (Å²) in [6, 6.07) is 0. The van der Waals surface area contributed by atoms with Crippen molar-refractivity contribution in [2.45, 2.75) is 71.1 Å². The quantitative estimate of drug-likeness (QED) is 0.404. The predicted octanol–water partition coefficient (Wildman–Crippen LogP) is 5.85. The molecular formula is C19H33N. The molecule has 0 saturated heterocycles. The van der Waals surface area contributed by atoms with E-state index in [1.54, 1.807) is 0 Å². The van der Waals surface area contributed by atoms with Gasteiger partial charge in [-0.2, -0.15) is 0 Å². The number of hydrogen-bond acceptors (Lipinski definition) is 1. The highest BCUT2D eigenvalue weighted by Gasteiger charge is 2.04. The molecule has 0 atom stereocenters. The van der Waals surface area contributed by atoms with Gasteiger partial charge in [-0.05, 0) is 24.3 Å². The summed E-state index contributed by atoms with van der Waals surface area (Å²) < 4.78 is 0. The van der Waals surface area contributed by atoms with E-state index >= 15 is 0 Å². The standard InChI is InChI=1S/C19H33N/c1-3-5-6-7-8-9-10-11-12-13-16-20-17-14-15-19(4-2)18-20/h4,14-15,17H,2-3,5-13,16,18H2,1H3. The number of rotatable bonds is 12. The van der Waals surface area contributed by atoms with Crippen molar-refractivity contribution in [3.63, 3.8) is 0 Å². The van der Waals surface area contributed by atoms with Crippen LogP contribution in [0.15, 0.2) is 36.6 Å². The van der Waals surface area contributed by atoms with Crippen LogP contribution in [0.1, 0.15) is 71.1 Å². The van der Waals surface area contributed by atoms with Crippen molar-refractivity contribution in [1.29, 1.82) is 0 Å². The van der Waals surface area contributed by atoms with Gasteiger partial charge in [0.1, 0.15) is 0 Å². The molecule has 20 heavy (non-hydrogen) atoms. The summed E-state index contributed by atoms with van der Waals surface area (Å²) in [6.45, 7) is 8.36. The van der Waals surface area contributed by atoms with Crippen LogP contribution in [0.3, 0.4) is 0 Å². The lowest BCUT2D eigenvalue weighted by atomic mass is 10.1. The molecule has 0 bridgehead atoms. The predicted molar refractivity (Wildman–Crippen MR) is 90.8 cm³/mol. The van der Waals surface area contributed by atoms with Crippen LogP contribution in [0.25, 0.3) is 0 Å². The second-order valence-electron chi connectivity index (χ2n) is 5.94. The van der Waals surface area contributed by atoms with E-state index in [1.807, 2.05) is 6.08 Å². The van der Waals surface area contributed by atoms with E-state index in [0.29, 0.717) is 0 Å². The first-order valence-corrected chi connectivity index (χ1v) is 8.60. The van der Waals surface area contributed by atoms with Crippen molar-refractivity contribution < 1.29 is 0 Å². The Bertz CT molecular complexity index is 301. The first-order valence-electron chi connectivity index (χ1n) is 8.60. The maximum Gasteiger partial charge on any atom is 0.0423 e. The number of hydrogen-bond donors (Lipinski definition) is 0. The average molecular weight is 275 g/mol. The van der Waals surface area contributed by atoms with Gasteiger partial charge in [0.2, 0.25) is 0 Å². The van der Waals surface area contributed by atoms with Gasteiger partial charge in [0, 0.05) is 13.1 Å². The van der Waals surface area contributed by atoms with E-state index in [9.17, 15) is 0 Å². The molecule has 0 N–H and O–H groups in total. The van der Waals surface area contributed by atoms with Crippen LogP contribution in [0.5, 0.6) is 0 Å². The zero-order chi connectivity index (χ0) is 14.5. The van der Waals surface area contributed by atoms with Crippen molar-refractivity contribution in [2.75, 3.05) is 13.1 Å². The molecule has 0 saturated carbocycles. The maximum atomic E-state index is 3.85. The average Bonchev–Trinajstić information content (AvgIpc) is 2.49. The van der Waals surface area contributed by atoms with Crippen LogP contribution in [0, 0.1) is 0 Å². The highest BCUT2D eigenvalue weighted by molar-refractivity contribution is 5.26. The Labute approximate surface area is 126 Å². The first-order chi connectivity index (χ1) is 9.86. The van der Waals surface area contributed by atoms with Gasteiger partial charge in [0.25, 0.3) is 0 Å². The van der Waals surface area contributed by atoms with Gasteiger partial charge in [-0.1, -0.05) is 83.4 Å². The first kappa shape index (κ1) is 17.1. The molecule has 1 rings (SSSR count). The van der Waals surface area contributed by atoms with E-state index < -0.39 is 0 Å². The van der Waals surface area contributed by atoms with Crippen molar-refractivity contribution >= 4 is 0 Å². The number of unbranched alkanes of at least 4 members (excludes halogenated alkanes) is 9. The van der Waals surface area contributed by atoms with E-state index in [1.165, 1.54) is 76.3 Å². The zero-order valence-electron chi connectivity index (χ0n) is 13.4. The molecule has 114 valence electrons. The van der Waals surface area contributed by atoms with Crippen molar-refractivity contribution in [2.24, 2.45) is 0 Å². The minimum atomic E-state index is 1.04. The molecule has 0 fully saturated rings. The monoisotopic (exact) mass is 275 g/mol. The molecule has 0 aromatic carbocycles. The fraction of sp³-hybridized carbons (Fsp3) is 0.684. The Morgan fingerprint density at radius 3 is 2.20 bits per heavy atom. The van der Waals surface area contributed by atoms with Crippen LogP contribution >= 0.6 is 0 Å². The Morgan fingerprint density at radius 1 is 1.00 bits per heavy atom. The van der Waals surface area contributed by atoms with Crippen LogP contribution < -0.4 is 0 Å². The van der Waals surface area contributed by atoms with Crippen molar-refractivity contribution in [3.05, 3.63) is 36.6 Å². The molecule has 1 nitrogen and oxygen atoms in total. The summed E-state index contributed by atoms with van der Waals surface area (Å²) >= 11 is 0. The smallest absolute Gasteiger partial charge is 0.0423 e. The summed E-state index contributed by atoms with van der Waals surface area (Å²) in [7, 11) is 0. The molecular weight excluding hydrogens is 242 g/mol. The third-order valence-corrected chi connectivity index (χ3v) is 4.05. The third kappa shape index (κ3) is 8.24. The topological polar surface area (TPSA) is 3.24 Å². The van der Waals surface area contributed by atoms with E-state index in [4.69, 9.17) is 0 Å². The largest absolute Gasteiger partial charge is 0.373 e. The van der Waals surface area contributed by atoms with Gasteiger partial charge in [0.15, 0.2) is 0 Å². The summed E-state index contributed by atoms with van der Waals surface area (Å²) in [5.41, 5.74) is 1.33. The number of allylic oxidation sites excluding steroid dienone is 2. The Balaban J connectivity index is 1.87. The van der Waals surface area contributed by atoms with Crippen molar-refractivity contribution in [3.8, 4) is 0 Å². The molecule has 0 amide bonds. The van der Waals surface area contributed by atoms with Gasteiger partial charge in [-0.25, -0.2) is 0 Å². The lowest BCUT2D eigenvalue weighted by molar-refractivity contribution is 0.386. The summed E-state index contributed by atoms with van der Waals surface area (Å²) in [4.78, 5) is 2.40. The summed E-state index contributed by atoms with van der Waals surface area (Å²) in [5.74, 6) is 0. The molecule has 0 aromatic heterocycles. The van der Waals surface area contributed by atoms with Crippen LogP contribution in [0.4, 0.5) is 0 Å². The highest BCUT2D eigenvalue weighted by atomic mass is 15.1. The molecule has 0 aliphatic carbocycles. The zero-order valence-corrected chi connectivity index (χ0v) is 13.4. The Kier molecular flexibility index (Phi) is 10.1. The lowest BCUT2D eigenvalue weighted by Crippen LogP contribution is -2.22. The van der Waals surface area contributed by atoms with Gasteiger partial charge < -0.3 is 4.90 Å². The maximum absolute atomic E-state index is 3.85. The molecule has 0 aromatic rings. The second-order valence-corrected chi connectivity index (χ2v) is 5.94. The lowest BCUT2D eigenvalue weighted by Gasteiger charge is -2.23. The fourth-order valence-corrected chi connectivity index (χ4v) is 2.72. The number of nitrogens with zero attached hydrogens (tertiary/aromatic N) is 1.